The third kappa shape index (κ3) is 3.08. The number of hydrogen-bond donors (Lipinski definition) is 1. The average Bonchev–Trinajstić information content (AvgIpc) is 2.37. The van der Waals surface area contributed by atoms with Crippen molar-refractivity contribution in [3.63, 3.8) is 0 Å². The van der Waals surface area contributed by atoms with Crippen LogP contribution in [0.15, 0.2) is 48.5 Å². The quantitative estimate of drug-likeness (QED) is 0.871. The summed E-state index contributed by atoms with van der Waals surface area (Å²) >= 11 is 0. The molecule has 0 aromatic heterocycles. The molecule has 2 aromatic carbocycles. The van der Waals surface area contributed by atoms with Gasteiger partial charge < -0.3 is 9.84 Å². The van der Waals surface area contributed by atoms with Crippen LogP contribution in [0.4, 0.5) is 0 Å². The normalized spacial score (nSPS) is 10.2. The van der Waals surface area contributed by atoms with E-state index < -0.39 is 0 Å². The van der Waals surface area contributed by atoms with Crippen molar-refractivity contribution >= 4 is 0 Å². The third-order valence-corrected chi connectivity index (χ3v) is 2.55. The number of aliphatic hydroxyl groups is 1. The number of ether oxygens (including phenoxy) is 1. The minimum absolute atomic E-state index is 0.0364. The van der Waals surface area contributed by atoms with Crippen LogP contribution < -0.4 is 4.74 Å². The zero-order valence-electron chi connectivity index (χ0n) is 9.89. The first-order valence-electron chi connectivity index (χ1n) is 5.70. The molecule has 0 aliphatic heterocycles. The second kappa shape index (κ2) is 5.51. The molecule has 0 bridgehead atoms. The van der Waals surface area contributed by atoms with Crippen molar-refractivity contribution in [1.82, 2.24) is 0 Å². The van der Waals surface area contributed by atoms with Crippen LogP contribution in [0, 0.1) is 6.92 Å². The molecular weight excluding hydrogens is 212 g/mol. The lowest BCUT2D eigenvalue weighted by molar-refractivity contribution is 0.201. The van der Waals surface area contributed by atoms with Crippen molar-refractivity contribution in [2.75, 3.05) is 13.2 Å². The molecule has 1 N–H and O–H groups in total. The van der Waals surface area contributed by atoms with Gasteiger partial charge in [0.05, 0.1) is 6.61 Å². The molecule has 0 radical (unpaired) electrons. The summed E-state index contributed by atoms with van der Waals surface area (Å²) in [5.74, 6) is 0.790. The van der Waals surface area contributed by atoms with E-state index >= 15 is 0 Å². The molecule has 0 saturated carbocycles. The largest absolute Gasteiger partial charge is 0.491 e. The second-order valence-electron chi connectivity index (χ2n) is 3.97. The highest BCUT2D eigenvalue weighted by Gasteiger charge is 2.00. The van der Waals surface area contributed by atoms with Crippen molar-refractivity contribution in [3.05, 3.63) is 54.1 Å². The van der Waals surface area contributed by atoms with Gasteiger partial charge >= 0.3 is 0 Å². The van der Waals surface area contributed by atoms with E-state index in [2.05, 4.69) is 31.2 Å². The molecule has 0 amide bonds. The van der Waals surface area contributed by atoms with Crippen LogP contribution in [0.2, 0.25) is 0 Å². The Kier molecular flexibility index (Phi) is 3.78. The fraction of sp³-hybridized carbons (Fsp3) is 0.200. The maximum absolute atomic E-state index is 8.73. The van der Waals surface area contributed by atoms with Gasteiger partial charge in [-0.15, -0.1) is 0 Å². The van der Waals surface area contributed by atoms with Crippen LogP contribution in [0.1, 0.15) is 5.56 Å². The summed E-state index contributed by atoms with van der Waals surface area (Å²) in [5, 5.41) is 8.73. The zero-order chi connectivity index (χ0) is 12.1. The van der Waals surface area contributed by atoms with Gasteiger partial charge in [0.1, 0.15) is 12.4 Å². The van der Waals surface area contributed by atoms with Crippen molar-refractivity contribution in [1.29, 1.82) is 0 Å². The number of hydrogen-bond acceptors (Lipinski definition) is 2. The van der Waals surface area contributed by atoms with E-state index in [1.165, 1.54) is 11.1 Å². The lowest BCUT2D eigenvalue weighted by Gasteiger charge is -2.07. The number of benzene rings is 2. The van der Waals surface area contributed by atoms with Gasteiger partial charge in [-0.25, -0.2) is 0 Å². The van der Waals surface area contributed by atoms with Gasteiger partial charge in [-0.3, -0.25) is 0 Å². The van der Waals surface area contributed by atoms with E-state index in [0.29, 0.717) is 6.61 Å². The molecule has 2 aromatic rings. The Balaban J connectivity index is 2.26. The number of aliphatic hydroxyl groups excluding tert-OH is 1. The number of rotatable bonds is 4. The predicted molar refractivity (Wildman–Crippen MR) is 69.2 cm³/mol. The van der Waals surface area contributed by atoms with Gasteiger partial charge in [-0.1, -0.05) is 42.0 Å². The molecule has 2 heteroatoms. The first kappa shape index (κ1) is 11.7. The molecule has 0 heterocycles. The summed E-state index contributed by atoms with van der Waals surface area (Å²) in [4.78, 5) is 0. The molecule has 88 valence electrons. The minimum Gasteiger partial charge on any atom is -0.491 e. The van der Waals surface area contributed by atoms with Crippen molar-refractivity contribution in [3.8, 4) is 16.9 Å². The molecule has 2 nitrogen and oxygen atoms in total. The van der Waals surface area contributed by atoms with Gasteiger partial charge in [-0.2, -0.15) is 0 Å². The Hall–Kier alpha value is -1.80. The second-order valence-corrected chi connectivity index (χ2v) is 3.97. The maximum Gasteiger partial charge on any atom is 0.120 e. The predicted octanol–water partition coefficient (Wildman–Crippen LogP) is 3.03. The Bertz CT molecular complexity index is 492. The van der Waals surface area contributed by atoms with Crippen molar-refractivity contribution < 1.29 is 9.84 Å². The Labute approximate surface area is 101 Å². The standard InChI is InChI=1S/C15H16O2/c1-12-4-2-5-13(10-12)14-6-3-7-15(11-14)17-9-8-16/h2-7,10-11,16H,8-9H2,1H3. The average molecular weight is 228 g/mol. The fourth-order valence-electron chi connectivity index (χ4n) is 1.75. The zero-order valence-corrected chi connectivity index (χ0v) is 9.89. The van der Waals surface area contributed by atoms with Crippen LogP contribution in [-0.4, -0.2) is 18.3 Å². The first-order valence-corrected chi connectivity index (χ1v) is 5.70. The maximum atomic E-state index is 8.73. The number of aryl methyl sites for hydroxylation is 1. The van der Waals surface area contributed by atoms with E-state index in [-0.39, 0.29) is 6.61 Å². The van der Waals surface area contributed by atoms with Gasteiger partial charge in [0.25, 0.3) is 0 Å². The lowest BCUT2D eigenvalue weighted by Crippen LogP contribution is -2.01. The summed E-state index contributed by atoms with van der Waals surface area (Å²) in [6.45, 7) is 2.45. The highest BCUT2D eigenvalue weighted by atomic mass is 16.5. The molecule has 0 atom stereocenters. The minimum atomic E-state index is 0.0364. The molecule has 0 aliphatic rings. The monoisotopic (exact) mass is 228 g/mol. The Morgan fingerprint density at radius 1 is 1.00 bits per heavy atom. The van der Waals surface area contributed by atoms with Crippen LogP contribution in [0.5, 0.6) is 5.75 Å². The first-order chi connectivity index (χ1) is 8.29. The summed E-state index contributed by atoms with van der Waals surface area (Å²) in [5.41, 5.74) is 3.55. The molecule has 0 aliphatic carbocycles. The highest BCUT2D eigenvalue weighted by Crippen LogP contribution is 2.24. The van der Waals surface area contributed by atoms with Gasteiger partial charge in [0.15, 0.2) is 0 Å². The van der Waals surface area contributed by atoms with E-state index in [4.69, 9.17) is 9.84 Å². The highest BCUT2D eigenvalue weighted by molar-refractivity contribution is 5.65. The SMILES string of the molecule is Cc1cccc(-c2cccc(OCCO)c2)c1. The molecule has 17 heavy (non-hydrogen) atoms. The van der Waals surface area contributed by atoms with E-state index in [0.717, 1.165) is 11.3 Å². The lowest BCUT2D eigenvalue weighted by atomic mass is 10.0. The topological polar surface area (TPSA) is 29.5 Å². The molecule has 0 spiro atoms. The van der Waals surface area contributed by atoms with Crippen molar-refractivity contribution in [2.45, 2.75) is 6.92 Å². The van der Waals surface area contributed by atoms with Crippen LogP contribution >= 0.6 is 0 Å². The summed E-state index contributed by atoms with van der Waals surface area (Å²) in [6.07, 6.45) is 0. The van der Waals surface area contributed by atoms with Gasteiger partial charge in [0.2, 0.25) is 0 Å². The molecule has 0 fully saturated rings. The molecule has 2 rings (SSSR count). The third-order valence-electron chi connectivity index (χ3n) is 2.55. The Morgan fingerprint density at radius 2 is 1.71 bits per heavy atom. The summed E-state index contributed by atoms with van der Waals surface area (Å²) in [6, 6.07) is 16.3. The van der Waals surface area contributed by atoms with Crippen molar-refractivity contribution in [2.24, 2.45) is 0 Å². The Morgan fingerprint density at radius 3 is 2.41 bits per heavy atom. The molecule has 0 unspecified atom stereocenters. The van der Waals surface area contributed by atoms with Crippen LogP contribution in [0.25, 0.3) is 11.1 Å². The summed E-state index contributed by atoms with van der Waals surface area (Å²) in [7, 11) is 0. The fourth-order valence-corrected chi connectivity index (χ4v) is 1.75. The van der Waals surface area contributed by atoms with E-state index in [1.54, 1.807) is 0 Å². The smallest absolute Gasteiger partial charge is 0.120 e. The van der Waals surface area contributed by atoms with Crippen LogP contribution in [0.3, 0.4) is 0 Å². The van der Waals surface area contributed by atoms with Gasteiger partial charge in [0, 0.05) is 0 Å². The molecule has 0 saturated heterocycles. The van der Waals surface area contributed by atoms with Crippen LogP contribution in [-0.2, 0) is 0 Å². The van der Waals surface area contributed by atoms with Gasteiger partial charge in [-0.05, 0) is 30.2 Å². The summed E-state index contributed by atoms with van der Waals surface area (Å²) < 4.78 is 5.40. The van der Waals surface area contributed by atoms with E-state index in [9.17, 15) is 0 Å². The van der Waals surface area contributed by atoms with E-state index in [1.807, 2.05) is 24.3 Å². The molecular formula is C15H16O2.